The summed E-state index contributed by atoms with van der Waals surface area (Å²) in [7, 11) is 0. The zero-order chi connectivity index (χ0) is 13.7. The first-order valence-electron chi connectivity index (χ1n) is 7.28. The Bertz CT molecular complexity index is 406. The van der Waals surface area contributed by atoms with E-state index in [0.29, 0.717) is 12.2 Å². The van der Waals surface area contributed by atoms with E-state index >= 15 is 0 Å². The monoisotopic (exact) mass is 260 g/mol. The number of likely N-dealkylation sites (tertiary alicyclic amines) is 1. The van der Waals surface area contributed by atoms with Crippen LogP contribution in [-0.4, -0.2) is 34.3 Å². The van der Waals surface area contributed by atoms with E-state index in [4.69, 9.17) is 0 Å². The van der Waals surface area contributed by atoms with Crippen LogP contribution in [0, 0.1) is 0 Å². The fourth-order valence-corrected chi connectivity index (χ4v) is 2.71. The highest BCUT2D eigenvalue weighted by Gasteiger charge is 2.34. The summed E-state index contributed by atoms with van der Waals surface area (Å²) in [6.45, 7) is 6.23. The number of Topliss-reactive ketones (excluding diaryl/α,β-unsaturated/α-hetero) is 1. The van der Waals surface area contributed by atoms with E-state index in [0.717, 1.165) is 18.7 Å². The highest BCUT2D eigenvalue weighted by atomic mass is 16.1. The van der Waals surface area contributed by atoms with Crippen LogP contribution in [0.2, 0.25) is 0 Å². The van der Waals surface area contributed by atoms with Gasteiger partial charge in [-0.3, -0.25) is 14.7 Å². The molecule has 19 heavy (non-hydrogen) atoms. The maximum Gasteiger partial charge on any atom is 0.156 e. The average molecular weight is 260 g/mol. The lowest BCUT2D eigenvalue weighted by Gasteiger charge is -2.36. The molecule has 1 aromatic rings. The Morgan fingerprint density at radius 1 is 1.26 bits per heavy atom. The maximum absolute atomic E-state index is 12.6. The summed E-state index contributed by atoms with van der Waals surface area (Å²) in [4.78, 5) is 19.0. The number of carbonyl (C=O) groups excluding carboxylic acids is 1. The second-order valence-corrected chi connectivity index (χ2v) is 5.92. The Balaban J connectivity index is 2.03. The Hall–Kier alpha value is -1.22. The fraction of sp³-hybridized carbons (Fsp3) is 0.625. The molecule has 0 N–H and O–H groups in total. The molecule has 0 aromatic carbocycles. The molecule has 0 saturated carbocycles. The van der Waals surface area contributed by atoms with Gasteiger partial charge in [0.2, 0.25) is 0 Å². The number of rotatable bonds is 4. The van der Waals surface area contributed by atoms with Crippen LogP contribution in [0.5, 0.6) is 0 Å². The summed E-state index contributed by atoms with van der Waals surface area (Å²) >= 11 is 0. The Morgan fingerprint density at radius 3 is 2.53 bits per heavy atom. The van der Waals surface area contributed by atoms with Gasteiger partial charge in [-0.2, -0.15) is 0 Å². The largest absolute Gasteiger partial charge is 0.297 e. The molecular weight excluding hydrogens is 236 g/mol. The van der Waals surface area contributed by atoms with Crippen LogP contribution in [0.15, 0.2) is 24.5 Å². The summed E-state index contributed by atoms with van der Waals surface area (Å²) < 4.78 is 0. The molecule has 1 saturated heterocycles. The summed E-state index contributed by atoms with van der Waals surface area (Å²) in [6.07, 6.45) is 9.03. The third-order valence-electron chi connectivity index (χ3n) is 4.17. The van der Waals surface area contributed by atoms with Crippen molar-refractivity contribution in [3.63, 3.8) is 0 Å². The van der Waals surface area contributed by atoms with Crippen LogP contribution in [0.1, 0.15) is 45.1 Å². The molecule has 0 aliphatic carbocycles. The van der Waals surface area contributed by atoms with E-state index in [-0.39, 0.29) is 5.54 Å². The molecule has 2 heterocycles. The zero-order valence-corrected chi connectivity index (χ0v) is 12.1. The second-order valence-electron chi connectivity index (χ2n) is 5.92. The molecule has 0 amide bonds. The van der Waals surface area contributed by atoms with E-state index in [1.54, 1.807) is 12.4 Å². The Morgan fingerprint density at radius 2 is 1.95 bits per heavy atom. The second kappa shape index (κ2) is 6.29. The molecule has 0 bridgehead atoms. The lowest BCUT2D eigenvalue weighted by atomic mass is 9.92. The highest BCUT2D eigenvalue weighted by molar-refractivity contribution is 5.89. The van der Waals surface area contributed by atoms with Crippen LogP contribution >= 0.6 is 0 Å². The quantitative estimate of drug-likeness (QED) is 0.834. The van der Waals surface area contributed by atoms with Crippen molar-refractivity contribution >= 4 is 5.78 Å². The molecule has 0 radical (unpaired) electrons. The van der Waals surface area contributed by atoms with Gasteiger partial charge in [-0.05, 0) is 51.4 Å². The van der Waals surface area contributed by atoms with Gasteiger partial charge in [0.05, 0.1) is 5.54 Å². The molecule has 1 fully saturated rings. The van der Waals surface area contributed by atoms with Crippen molar-refractivity contribution in [2.24, 2.45) is 0 Å². The summed E-state index contributed by atoms with van der Waals surface area (Å²) in [5.41, 5.74) is 0.649. The highest BCUT2D eigenvalue weighted by Crippen LogP contribution is 2.22. The van der Waals surface area contributed by atoms with Crippen molar-refractivity contribution < 1.29 is 4.79 Å². The molecule has 0 spiro atoms. The van der Waals surface area contributed by atoms with Gasteiger partial charge in [0.15, 0.2) is 5.78 Å². The number of aromatic nitrogens is 1. The fourth-order valence-electron chi connectivity index (χ4n) is 2.71. The molecule has 1 aliphatic rings. The van der Waals surface area contributed by atoms with Gasteiger partial charge >= 0.3 is 0 Å². The molecule has 104 valence electrons. The molecule has 3 nitrogen and oxygen atoms in total. The predicted octanol–water partition coefficient (Wildman–Crippen LogP) is 2.85. The normalized spacial score (nSPS) is 18.0. The zero-order valence-electron chi connectivity index (χ0n) is 12.1. The minimum atomic E-state index is -0.361. The van der Waals surface area contributed by atoms with Crippen LogP contribution < -0.4 is 0 Å². The molecule has 1 aromatic heterocycles. The molecule has 0 unspecified atom stereocenters. The van der Waals surface area contributed by atoms with E-state index in [2.05, 4.69) is 23.7 Å². The molecule has 1 aliphatic heterocycles. The summed E-state index contributed by atoms with van der Waals surface area (Å²) in [6, 6.07) is 3.87. The summed E-state index contributed by atoms with van der Waals surface area (Å²) in [5, 5.41) is 0. The number of carbonyl (C=O) groups is 1. The minimum absolute atomic E-state index is 0.294. The predicted molar refractivity (Wildman–Crippen MR) is 77.1 cm³/mol. The maximum atomic E-state index is 12.6. The summed E-state index contributed by atoms with van der Waals surface area (Å²) in [5.74, 6) is 0.294. The van der Waals surface area contributed by atoms with E-state index in [9.17, 15) is 4.79 Å². The Labute approximate surface area is 116 Å². The molecular formula is C16H24N2O. The number of pyridine rings is 1. The van der Waals surface area contributed by atoms with Gasteiger partial charge in [-0.25, -0.2) is 0 Å². The van der Waals surface area contributed by atoms with E-state index in [1.807, 2.05) is 12.1 Å². The van der Waals surface area contributed by atoms with E-state index < -0.39 is 0 Å². The SMILES string of the molecule is CC(C)(C(=O)Cc1cccnc1)N1CCCCCC1. The van der Waals surface area contributed by atoms with E-state index in [1.165, 1.54) is 25.7 Å². The third-order valence-corrected chi connectivity index (χ3v) is 4.17. The number of nitrogens with zero attached hydrogens (tertiary/aromatic N) is 2. The van der Waals surface area contributed by atoms with Gasteiger partial charge < -0.3 is 0 Å². The first-order valence-corrected chi connectivity index (χ1v) is 7.28. The topological polar surface area (TPSA) is 33.2 Å². The van der Waals surface area contributed by atoms with Crippen molar-refractivity contribution in [1.82, 2.24) is 9.88 Å². The lowest BCUT2D eigenvalue weighted by Crippen LogP contribution is -2.51. The van der Waals surface area contributed by atoms with Crippen molar-refractivity contribution in [2.75, 3.05) is 13.1 Å². The first-order chi connectivity index (χ1) is 9.10. The third kappa shape index (κ3) is 3.63. The standard InChI is InChI=1S/C16H24N2O/c1-16(2,18-10-5-3-4-6-11-18)15(19)12-14-8-7-9-17-13-14/h7-9,13H,3-6,10-12H2,1-2H3. The lowest BCUT2D eigenvalue weighted by molar-refractivity contribution is -0.128. The van der Waals surface area contributed by atoms with Crippen LogP contribution in [0.25, 0.3) is 0 Å². The molecule has 3 heteroatoms. The first kappa shape index (κ1) is 14.2. The van der Waals surface area contributed by atoms with Crippen LogP contribution in [0.4, 0.5) is 0 Å². The number of hydrogen-bond acceptors (Lipinski definition) is 3. The van der Waals surface area contributed by atoms with Gasteiger partial charge in [-0.1, -0.05) is 18.9 Å². The number of ketones is 1. The van der Waals surface area contributed by atoms with Crippen molar-refractivity contribution in [1.29, 1.82) is 0 Å². The van der Waals surface area contributed by atoms with Gasteiger partial charge in [0.1, 0.15) is 0 Å². The van der Waals surface area contributed by atoms with Crippen LogP contribution in [-0.2, 0) is 11.2 Å². The van der Waals surface area contributed by atoms with Gasteiger partial charge in [0.25, 0.3) is 0 Å². The number of hydrogen-bond donors (Lipinski definition) is 0. The van der Waals surface area contributed by atoms with Gasteiger partial charge in [-0.15, -0.1) is 0 Å². The minimum Gasteiger partial charge on any atom is -0.297 e. The average Bonchev–Trinajstić information content (AvgIpc) is 2.69. The molecule has 0 atom stereocenters. The smallest absolute Gasteiger partial charge is 0.156 e. The van der Waals surface area contributed by atoms with Gasteiger partial charge in [0, 0.05) is 18.8 Å². The Kier molecular flexibility index (Phi) is 4.70. The van der Waals surface area contributed by atoms with Crippen LogP contribution in [0.3, 0.4) is 0 Å². The van der Waals surface area contributed by atoms with Crippen molar-refractivity contribution in [3.8, 4) is 0 Å². The van der Waals surface area contributed by atoms with Crippen molar-refractivity contribution in [2.45, 2.75) is 51.5 Å². The molecule has 2 rings (SSSR count). The van der Waals surface area contributed by atoms with Crippen molar-refractivity contribution in [3.05, 3.63) is 30.1 Å².